The molecule has 0 saturated heterocycles. The summed E-state index contributed by atoms with van der Waals surface area (Å²) in [6, 6.07) is -1.19. The van der Waals surface area contributed by atoms with Gasteiger partial charge in [0, 0.05) is 98.1 Å². The minimum absolute atomic E-state index is 0. The number of nitrogens with one attached hydrogen (secondary N) is 1. The van der Waals surface area contributed by atoms with Crippen molar-refractivity contribution in [3.63, 3.8) is 0 Å². The second-order valence-electron chi connectivity index (χ2n) is 0.936. The van der Waals surface area contributed by atoms with Crippen molar-refractivity contribution >= 4 is 11.9 Å². The van der Waals surface area contributed by atoms with Crippen molar-refractivity contribution in [3.8, 4) is 0 Å². The minimum atomic E-state index is -1.19. The van der Waals surface area contributed by atoms with Crippen molar-refractivity contribution in [3.05, 3.63) is 18.5 Å². The molecule has 0 atom stereocenters. The Kier molecular flexibility index (Phi) is 48.1. The summed E-state index contributed by atoms with van der Waals surface area (Å²) >= 11 is 0. The van der Waals surface area contributed by atoms with Crippen LogP contribution in [0.2, 0.25) is 0 Å². The second-order valence-corrected chi connectivity index (χ2v) is 0.936. The van der Waals surface area contributed by atoms with Crippen LogP contribution < -0.4 is 0 Å². The van der Waals surface area contributed by atoms with E-state index in [4.69, 9.17) is 5.73 Å². The standard InChI is InChI=1S/C3H6N2O2.CH3.3Y/c1-2(6)5-3(4)7;;;;/h1H3,(H3,4,5,6,7);1H3;;;/q;-1;;;/p-2. The molecule has 57 valence electrons. The van der Waals surface area contributed by atoms with E-state index in [0.717, 1.165) is 6.92 Å². The largest absolute Gasteiger partial charge is 0.684 e. The van der Waals surface area contributed by atoms with Crippen molar-refractivity contribution in [1.82, 2.24) is 0 Å². The maximum Gasteiger partial charge on any atom is 0.0522 e. The molecule has 0 heterocycles. The Morgan fingerprint density at radius 3 is 1.45 bits per heavy atom. The zero-order valence-corrected chi connectivity index (χ0v) is 15.0. The molecule has 11 heavy (non-hydrogen) atoms. The van der Waals surface area contributed by atoms with Gasteiger partial charge < -0.3 is 28.1 Å². The third-order valence-electron chi connectivity index (χ3n) is 0.259. The van der Waals surface area contributed by atoms with E-state index in [1.165, 1.54) is 0 Å². The molecule has 0 aromatic rings. The number of carbonyl (C=O) groups excluding carboxylic acids is 2. The quantitative estimate of drug-likeness (QED) is 0.597. The number of nitrogens with zero attached hydrogens (tertiary/aromatic N) is 1. The number of rotatable bonds is 0. The topological polar surface area (TPSA) is 72.0 Å². The molecule has 7 heteroatoms. The van der Waals surface area contributed by atoms with Gasteiger partial charge in [0.2, 0.25) is 0 Å². The van der Waals surface area contributed by atoms with Crippen LogP contribution in [0.1, 0.15) is 6.92 Å². The molecular formula is C4H7N2O2Y3-3. The number of hydrogen-bond acceptors (Lipinski definition) is 2. The molecular weight excluding hydrogens is 375 g/mol. The van der Waals surface area contributed by atoms with Crippen molar-refractivity contribution in [2.75, 3.05) is 0 Å². The molecule has 4 nitrogen and oxygen atoms in total. The van der Waals surface area contributed by atoms with Crippen LogP contribution >= 0.6 is 0 Å². The minimum Gasteiger partial charge on any atom is -0.684 e. The molecule has 0 rings (SSSR count). The molecule has 0 unspecified atom stereocenters. The van der Waals surface area contributed by atoms with Gasteiger partial charge in [0.25, 0.3) is 0 Å². The van der Waals surface area contributed by atoms with E-state index in [1.807, 2.05) is 0 Å². The molecule has 0 fully saturated rings. The molecule has 1 N–H and O–H groups in total. The third-order valence-corrected chi connectivity index (χ3v) is 0.259. The Labute approximate surface area is 142 Å². The molecule has 0 aliphatic heterocycles. The summed E-state index contributed by atoms with van der Waals surface area (Å²) < 4.78 is 0. The van der Waals surface area contributed by atoms with Gasteiger partial charge >= 0.3 is 0 Å². The van der Waals surface area contributed by atoms with Crippen LogP contribution in [-0.2, 0) is 103 Å². The van der Waals surface area contributed by atoms with Gasteiger partial charge in [-0.2, -0.15) is 0 Å². The summed E-state index contributed by atoms with van der Waals surface area (Å²) in [5.41, 5.74) is 6.08. The fourth-order valence-electron chi connectivity index (χ4n) is 0.143. The monoisotopic (exact) mass is 382 g/mol. The molecule has 0 aliphatic carbocycles. The number of urea groups is 1. The van der Waals surface area contributed by atoms with Gasteiger partial charge in [0.15, 0.2) is 0 Å². The first kappa shape index (κ1) is 29.2. The molecule has 0 aromatic heterocycles. The van der Waals surface area contributed by atoms with Gasteiger partial charge in [0.05, 0.1) is 5.91 Å². The summed E-state index contributed by atoms with van der Waals surface area (Å²) in [5, 5.41) is 2.67. The van der Waals surface area contributed by atoms with E-state index in [1.54, 1.807) is 0 Å². The van der Waals surface area contributed by atoms with Gasteiger partial charge in [0.1, 0.15) is 0 Å². The normalized spacial score (nSPS) is 4.82. The van der Waals surface area contributed by atoms with Crippen LogP contribution in [0.5, 0.6) is 0 Å². The number of carbonyl (C=O) groups is 2. The number of imide groups is 1. The molecule has 0 spiro atoms. The fraction of sp³-hybridized carbons (Fsp3) is 0.250. The van der Waals surface area contributed by atoms with Gasteiger partial charge in [-0.1, -0.05) is 0 Å². The summed E-state index contributed by atoms with van der Waals surface area (Å²) in [6.45, 7) is 1.12. The van der Waals surface area contributed by atoms with Crippen LogP contribution in [0.3, 0.4) is 0 Å². The van der Waals surface area contributed by atoms with Crippen LogP contribution in [0, 0.1) is 7.43 Å². The van der Waals surface area contributed by atoms with Crippen LogP contribution in [0.4, 0.5) is 4.79 Å². The Morgan fingerprint density at radius 2 is 1.45 bits per heavy atom. The SMILES string of the molecule is CC(=O)[N-]C([NH-])=O.[CH3-].[Y].[Y].[Y]. The van der Waals surface area contributed by atoms with Crippen molar-refractivity contribution < 1.29 is 108 Å². The van der Waals surface area contributed by atoms with Crippen molar-refractivity contribution in [1.29, 1.82) is 0 Å². The fourth-order valence-corrected chi connectivity index (χ4v) is 0.143. The average molecular weight is 382 g/mol. The summed E-state index contributed by atoms with van der Waals surface area (Å²) in [4.78, 5) is 19.3. The Morgan fingerprint density at radius 1 is 1.18 bits per heavy atom. The molecule has 3 radical (unpaired) electrons. The van der Waals surface area contributed by atoms with Crippen LogP contribution in [0.25, 0.3) is 11.1 Å². The Hall–Kier alpha value is 2.25. The predicted octanol–water partition coefficient (Wildman–Crippen LogP) is 1.52. The van der Waals surface area contributed by atoms with Crippen LogP contribution in [-0.4, -0.2) is 11.9 Å². The molecule has 0 aromatic carbocycles. The van der Waals surface area contributed by atoms with E-state index in [9.17, 15) is 9.59 Å². The van der Waals surface area contributed by atoms with E-state index in [-0.39, 0.29) is 106 Å². The Balaban J connectivity index is -0.0000000300. The van der Waals surface area contributed by atoms with Crippen LogP contribution in [0.15, 0.2) is 0 Å². The van der Waals surface area contributed by atoms with E-state index in [2.05, 4.69) is 5.32 Å². The number of hydrogen-bond donors (Lipinski definition) is 0. The maximum absolute atomic E-state index is 9.75. The van der Waals surface area contributed by atoms with E-state index >= 15 is 0 Å². The summed E-state index contributed by atoms with van der Waals surface area (Å²) in [6.07, 6.45) is 0. The zero-order chi connectivity index (χ0) is 5.86. The molecule has 0 aliphatic rings. The predicted molar refractivity (Wildman–Crippen MR) is 30.2 cm³/mol. The van der Waals surface area contributed by atoms with Crippen molar-refractivity contribution in [2.45, 2.75) is 6.92 Å². The zero-order valence-electron chi connectivity index (χ0n) is 6.50. The smallest absolute Gasteiger partial charge is 0.0522 e. The first-order valence-corrected chi connectivity index (χ1v) is 1.61. The van der Waals surface area contributed by atoms with E-state index < -0.39 is 11.9 Å². The van der Waals surface area contributed by atoms with Gasteiger partial charge in [-0.15, -0.1) is 0 Å². The van der Waals surface area contributed by atoms with E-state index in [0.29, 0.717) is 0 Å². The van der Waals surface area contributed by atoms with Crippen molar-refractivity contribution in [2.24, 2.45) is 0 Å². The average Bonchev–Trinajstić information content (AvgIpc) is 1.27. The first-order valence-electron chi connectivity index (χ1n) is 1.61. The first-order chi connectivity index (χ1) is 3.13. The third kappa shape index (κ3) is 32.9. The van der Waals surface area contributed by atoms with Gasteiger partial charge in [-0.05, 0) is 13.0 Å². The molecule has 3 amide bonds. The van der Waals surface area contributed by atoms with Gasteiger partial charge in [-0.25, -0.2) is 0 Å². The van der Waals surface area contributed by atoms with Gasteiger partial charge in [-0.3, -0.25) is 0 Å². The summed E-state index contributed by atoms with van der Waals surface area (Å²) in [7, 11) is 0. The molecule has 0 bridgehead atoms. The molecule has 0 saturated carbocycles. The summed E-state index contributed by atoms with van der Waals surface area (Å²) in [5.74, 6) is -0.625. The maximum atomic E-state index is 9.75. The Bertz CT molecular complexity index is 97.5. The second kappa shape index (κ2) is 18.1. The number of amides is 3.